The lowest BCUT2D eigenvalue weighted by atomic mass is 10.7. The molecule has 0 rings (SSSR count). The van der Waals surface area contributed by atoms with Crippen molar-refractivity contribution < 1.29 is 20.3 Å². The van der Waals surface area contributed by atoms with E-state index >= 15 is 0 Å². The number of rotatable bonds is 3. The summed E-state index contributed by atoms with van der Waals surface area (Å²) < 4.78 is 0. The van der Waals surface area contributed by atoms with Crippen LogP contribution in [0.5, 0.6) is 0 Å². The second kappa shape index (κ2) is 3.33. The molecule has 0 heterocycles. The van der Waals surface area contributed by atoms with Crippen molar-refractivity contribution in [3.63, 3.8) is 0 Å². The Balaban J connectivity index is 3.05. The number of nitrogens with zero attached hydrogens (tertiary/aromatic N) is 1. The minimum atomic E-state index is -1.17. The maximum absolute atomic E-state index is 9.59. The van der Waals surface area contributed by atoms with Gasteiger partial charge in [0.25, 0.3) is 0 Å². The third kappa shape index (κ3) is 5.31. The summed E-state index contributed by atoms with van der Waals surface area (Å²) in [5, 5.41) is 23.1. The highest BCUT2D eigenvalue weighted by Gasteiger charge is 1.96. The second-order valence-corrected chi connectivity index (χ2v) is 1.02. The van der Waals surface area contributed by atoms with Crippen molar-refractivity contribution in [3.05, 3.63) is 0 Å². The van der Waals surface area contributed by atoms with Crippen LogP contribution in [0.1, 0.15) is 0 Å². The van der Waals surface area contributed by atoms with Gasteiger partial charge in [-0.1, -0.05) is 0 Å². The lowest BCUT2D eigenvalue weighted by molar-refractivity contribution is -0.341. The van der Waals surface area contributed by atoms with E-state index < -0.39 is 17.8 Å². The molecular formula is C2H6N2O4. The molecule has 8 heavy (non-hydrogen) atoms. The van der Waals surface area contributed by atoms with Crippen LogP contribution in [0.25, 0.3) is 0 Å². The Bertz CT molecular complexity index is 82.1. The molecule has 0 aliphatic carbocycles. The summed E-state index contributed by atoms with van der Waals surface area (Å²) in [6.07, 6.45) is 0. The van der Waals surface area contributed by atoms with Crippen LogP contribution >= 0.6 is 0 Å². The molecule has 48 valence electrons. The van der Waals surface area contributed by atoms with E-state index in [1.807, 2.05) is 0 Å². The Kier molecular flexibility index (Phi) is 3.04. The van der Waals surface area contributed by atoms with Gasteiger partial charge in [-0.3, -0.25) is 15.2 Å². The number of carbonyl (C=O) groups is 1. The average molecular weight is 122 g/mol. The molecule has 0 bridgehead atoms. The number of hydrogen-bond acceptors (Lipinski definition) is 5. The highest BCUT2D eigenvalue weighted by Crippen LogP contribution is 1.61. The van der Waals surface area contributed by atoms with E-state index in [1.165, 1.54) is 0 Å². The molecule has 0 fully saturated rings. The smallest absolute Gasteiger partial charge is 0.319 e. The van der Waals surface area contributed by atoms with Crippen LogP contribution in [0.4, 0.5) is 0 Å². The average Bonchev–Trinajstić information content (AvgIpc) is 1.61. The van der Waals surface area contributed by atoms with Gasteiger partial charge in [0.15, 0.2) is 0 Å². The molecular weight excluding hydrogens is 116 g/mol. The molecule has 6 heteroatoms. The second-order valence-electron chi connectivity index (χ2n) is 1.02. The van der Waals surface area contributed by atoms with Crippen LogP contribution in [0.2, 0.25) is 0 Å². The maximum Gasteiger partial charge on any atom is 0.319 e. The highest BCUT2D eigenvalue weighted by molar-refractivity contribution is 5.68. The van der Waals surface area contributed by atoms with Crippen molar-refractivity contribution in [2.75, 3.05) is 6.54 Å². The number of carboxylic acids is 1. The lowest BCUT2D eigenvalue weighted by Crippen LogP contribution is -2.35. The van der Waals surface area contributed by atoms with E-state index in [1.54, 1.807) is 5.43 Å². The Morgan fingerprint density at radius 1 is 1.62 bits per heavy atom. The van der Waals surface area contributed by atoms with Gasteiger partial charge in [-0.2, -0.15) is 5.43 Å². The molecule has 0 aliphatic rings. The number of hydrogen-bond donors (Lipinski definition) is 4. The van der Waals surface area contributed by atoms with E-state index in [-0.39, 0.29) is 0 Å². The first-order valence-corrected chi connectivity index (χ1v) is 1.76. The predicted octanol–water partition coefficient (Wildman–Crippen LogP) is -1.34. The first kappa shape index (κ1) is 7.31. The largest absolute Gasteiger partial charge is 0.480 e. The number of carboxylic acid groups (broad SMARTS) is 1. The molecule has 0 amide bonds. The zero-order valence-electron chi connectivity index (χ0n) is 3.90. The van der Waals surface area contributed by atoms with Crippen molar-refractivity contribution in [2.24, 2.45) is 0 Å². The van der Waals surface area contributed by atoms with Crippen molar-refractivity contribution in [1.29, 1.82) is 0 Å². The van der Waals surface area contributed by atoms with Crippen LogP contribution in [0.3, 0.4) is 0 Å². The van der Waals surface area contributed by atoms with Crippen molar-refractivity contribution in [1.82, 2.24) is 10.8 Å². The van der Waals surface area contributed by atoms with E-state index in [2.05, 4.69) is 0 Å². The molecule has 0 spiro atoms. The van der Waals surface area contributed by atoms with Crippen LogP contribution in [-0.4, -0.2) is 33.4 Å². The molecule has 0 unspecified atom stereocenters. The molecule has 0 aromatic rings. The summed E-state index contributed by atoms with van der Waals surface area (Å²) in [6, 6.07) is 0. The minimum Gasteiger partial charge on any atom is -0.480 e. The molecule has 0 saturated heterocycles. The number of nitrogens with one attached hydrogen (secondary N) is 1. The first-order valence-electron chi connectivity index (χ1n) is 1.76. The molecule has 6 nitrogen and oxygen atoms in total. The monoisotopic (exact) mass is 122 g/mol. The Labute approximate surface area is 44.8 Å². The minimum absolute atomic E-state index is 0.409. The van der Waals surface area contributed by atoms with Crippen LogP contribution in [0.15, 0.2) is 0 Å². The SMILES string of the molecule is O=C(O)CNN(O)O. The quantitative estimate of drug-likeness (QED) is 0.346. The summed E-state index contributed by atoms with van der Waals surface area (Å²) in [5.74, 6) is -1.17. The Morgan fingerprint density at radius 2 is 2.12 bits per heavy atom. The van der Waals surface area contributed by atoms with E-state index in [4.69, 9.17) is 15.5 Å². The van der Waals surface area contributed by atoms with E-state index in [0.29, 0.717) is 0 Å². The standard InChI is InChI=1S/C2H6N2O4/c5-2(6)1-3-4(7)8/h3,7-8H,1H2,(H,5,6). The predicted molar refractivity (Wildman–Crippen MR) is 21.1 cm³/mol. The van der Waals surface area contributed by atoms with Gasteiger partial charge in [-0.25, -0.2) is 0 Å². The normalized spacial score (nSPS) is 9.88. The topological polar surface area (TPSA) is 93.0 Å². The van der Waals surface area contributed by atoms with Gasteiger partial charge in [-0.15, -0.1) is 0 Å². The van der Waals surface area contributed by atoms with Crippen LogP contribution < -0.4 is 5.43 Å². The summed E-state index contributed by atoms with van der Waals surface area (Å²) in [7, 11) is 0. The van der Waals surface area contributed by atoms with Crippen LogP contribution in [0, 0.1) is 0 Å². The number of aliphatic carboxylic acids is 1. The van der Waals surface area contributed by atoms with Crippen molar-refractivity contribution >= 4 is 5.97 Å². The van der Waals surface area contributed by atoms with Gasteiger partial charge in [0.05, 0.1) is 0 Å². The fourth-order valence-electron chi connectivity index (χ4n) is 0.138. The third-order valence-corrected chi connectivity index (χ3v) is 0.372. The molecule has 4 N–H and O–H groups in total. The van der Waals surface area contributed by atoms with Gasteiger partial charge >= 0.3 is 5.97 Å². The molecule has 0 aromatic heterocycles. The molecule has 0 aliphatic heterocycles. The molecule has 0 aromatic carbocycles. The zero-order valence-corrected chi connectivity index (χ0v) is 3.90. The van der Waals surface area contributed by atoms with Gasteiger partial charge in [-0.05, 0) is 0 Å². The van der Waals surface area contributed by atoms with Gasteiger partial charge in [0.1, 0.15) is 6.54 Å². The van der Waals surface area contributed by atoms with E-state index in [0.717, 1.165) is 0 Å². The summed E-state index contributed by atoms with van der Waals surface area (Å²) in [6.45, 7) is -0.521. The zero-order chi connectivity index (χ0) is 6.57. The molecule has 0 radical (unpaired) electrons. The van der Waals surface area contributed by atoms with Gasteiger partial charge < -0.3 is 5.11 Å². The van der Waals surface area contributed by atoms with Gasteiger partial charge in [0, 0.05) is 5.34 Å². The van der Waals surface area contributed by atoms with Crippen molar-refractivity contribution in [2.45, 2.75) is 0 Å². The van der Waals surface area contributed by atoms with Crippen LogP contribution in [-0.2, 0) is 4.79 Å². The third-order valence-electron chi connectivity index (χ3n) is 0.372. The molecule has 0 saturated carbocycles. The first-order chi connectivity index (χ1) is 3.63. The fraction of sp³-hybridized carbons (Fsp3) is 0.500. The van der Waals surface area contributed by atoms with E-state index in [9.17, 15) is 4.79 Å². The maximum atomic E-state index is 9.59. The fourth-order valence-corrected chi connectivity index (χ4v) is 0.138. The molecule has 0 atom stereocenters. The van der Waals surface area contributed by atoms with Gasteiger partial charge in [0.2, 0.25) is 0 Å². The lowest BCUT2D eigenvalue weighted by Gasteiger charge is -2.02. The summed E-state index contributed by atoms with van der Waals surface area (Å²) >= 11 is 0. The highest BCUT2D eigenvalue weighted by atomic mass is 16.8. The summed E-state index contributed by atoms with van der Waals surface area (Å²) in [5.41, 5.74) is 1.69. The summed E-state index contributed by atoms with van der Waals surface area (Å²) in [4.78, 5) is 9.59. The Hall–Kier alpha value is -0.690. The number of hydrazine groups is 1. The Morgan fingerprint density at radius 3 is 2.25 bits per heavy atom. The van der Waals surface area contributed by atoms with Crippen molar-refractivity contribution in [3.8, 4) is 0 Å².